The predicted molar refractivity (Wildman–Crippen MR) is 83.8 cm³/mol. The molecule has 3 rings (SSSR count). The van der Waals surface area contributed by atoms with E-state index in [0.29, 0.717) is 0 Å². The Hall–Kier alpha value is -2.82. The lowest BCUT2D eigenvalue weighted by Crippen LogP contribution is -2.15. The fourth-order valence-electron chi connectivity index (χ4n) is 2.33. The molecule has 5 nitrogen and oxygen atoms in total. The van der Waals surface area contributed by atoms with Crippen LogP contribution in [0.1, 0.15) is 18.1 Å². The number of anilines is 1. The van der Waals surface area contributed by atoms with E-state index >= 15 is 0 Å². The summed E-state index contributed by atoms with van der Waals surface area (Å²) in [6.07, 6.45) is 4.21. The van der Waals surface area contributed by atoms with E-state index in [-0.39, 0.29) is 23.9 Å². The van der Waals surface area contributed by atoms with Gasteiger partial charge < -0.3 is 14.8 Å². The molecule has 0 saturated heterocycles. The number of hydrogen-bond acceptors (Lipinski definition) is 4. The molecule has 3 aromatic rings. The van der Waals surface area contributed by atoms with E-state index in [1.54, 1.807) is 12.3 Å². The Morgan fingerprint density at radius 2 is 2.23 bits per heavy atom. The van der Waals surface area contributed by atoms with Gasteiger partial charge in [0.05, 0.1) is 12.7 Å². The van der Waals surface area contributed by atoms with Gasteiger partial charge in [-0.2, -0.15) is 0 Å². The van der Waals surface area contributed by atoms with Gasteiger partial charge in [-0.3, -0.25) is 4.79 Å². The third-order valence-corrected chi connectivity index (χ3v) is 3.52. The SMILES string of the molecule is CCc1ccc2c(CC(=O)Nc3ncccc3O)coc2c1. The van der Waals surface area contributed by atoms with Crippen LogP contribution in [0.4, 0.5) is 5.82 Å². The highest BCUT2D eigenvalue weighted by atomic mass is 16.3. The van der Waals surface area contributed by atoms with Crippen molar-refractivity contribution in [3.05, 3.63) is 53.9 Å². The zero-order valence-electron chi connectivity index (χ0n) is 12.2. The highest BCUT2D eigenvalue weighted by molar-refractivity contribution is 5.95. The molecule has 0 fully saturated rings. The summed E-state index contributed by atoms with van der Waals surface area (Å²) >= 11 is 0. The van der Waals surface area contributed by atoms with Crippen LogP contribution in [0.5, 0.6) is 5.75 Å². The standard InChI is InChI=1S/C17H16N2O3/c1-2-11-5-6-13-12(10-22-15(13)8-11)9-16(21)19-17-14(20)4-3-7-18-17/h3-8,10,20H,2,9H2,1H3,(H,18,19,21). The maximum absolute atomic E-state index is 12.1. The third kappa shape index (κ3) is 2.79. The molecular formula is C17H16N2O3. The molecule has 2 aromatic heterocycles. The monoisotopic (exact) mass is 296 g/mol. The second-order valence-corrected chi connectivity index (χ2v) is 5.04. The molecule has 1 amide bonds. The number of aromatic hydroxyl groups is 1. The van der Waals surface area contributed by atoms with Crippen LogP contribution in [0.3, 0.4) is 0 Å². The van der Waals surface area contributed by atoms with Crippen LogP contribution < -0.4 is 5.32 Å². The predicted octanol–water partition coefficient (Wildman–Crippen LogP) is 3.28. The van der Waals surface area contributed by atoms with Gasteiger partial charge in [-0.1, -0.05) is 19.1 Å². The van der Waals surface area contributed by atoms with Crippen molar-refractivity contribution < 1.29 is 14.3 Å². The Morgan fingerprint density at radius 3 is 3.00 bits per heavy atom. The summed E-state index contributed by atoms with van der Waals surface area (Å²) in [5.74, 6) is -0.148. The van der Waals surface area contributed by atoms with Gasteiger partial charge in [-0.25, -0.2) is 4.98 Å². The van der Waals surface area contributed by atoms with E-state index in [9.17, 15) is 9.90 Å². The number of benzene rings is 1. The number of carbonyl (C=O) groups is 1. The van der Waals surface area contributed by atoms with E-state index < -0.39 is 0 Å². The minimum atomic E-state index is -0.253. The summed E-state index contributed by atoms with van der Waals surface area (Å²) < 4.78 is 5.52. The number of furan rings is 1. The lowest BCUT2D eigenvalue weighted by Gasteiger charge is -2.05. The lowest BCUT2D eigenvalue weighted by atomic mass is 10.1. The highest BCUT2D eigenvalue weighted by Crippen LogP contribution is 2.24. The topological polar surface area (TPSA) is 75.4 Å². The molecule has 0 saturated carbocycles. The van der Waals surface area contributed by atoms with Gasteiger partial charge in [-0.15, -0.1) is 0 Å². The van der Waals surface area contributed by atoms with E-state index in [2.05, 4.69) is 17.2 Å². The highest BCUT2D eigenvalue weighted by Gasteiger charge is 2.12. The smallest absolute Gasteiger partial charge is 0.230 e. The van der Waals surface area contributed by atoms with Crippen molar-refractivity contribution in [3.8, 4) is 5.75 Å². The second kappa shape index (κ2) is 5.89. The first-order valence-electron chi connectivity index (χ1n) is 7.10. The van der Waals surface area contributed by atoms with Crippen LogP contribution >= 0.6 is 0 Å². The minimum absolute atomic E-state index is 0.0551. The summed E-state index contributed by atoms with van der Waals surface area (Å²) in [7, 11) is 0. The second-order valence-electron chi connectivity index (χ2n) is 5.04. The summed E-state index contributed by atoms with van der Waals surface area (Å²) in [4.78, 5) is 16.0. The lowest BCUT2D eigenvalue weighted by molar-refractivity contribution is -0.115. The number of hydrogen-bond donors (Lipinski definition) is 2. The fraction of sp³-hybridized carbons (Fsp3) is 0.176. The Labute approximate surface area is 127 Å². The van der Waals surface area contributed by atoms with Crippen molar-refractivity contribution in [1.29, 1.82) is 0 Å². The van der Waals surface area contributed by atoms with Crippen LogP contribution in [0.2, 0.25) is 0 Å². The molecule has 0 radical (unpaired) electrons. The minimum Gasteiger partial charge on any atom is -0.504 e. The molecule has 2 heterocycles. The number of rotatable bonds is 4. The van der Waals surface area contributed by atoms with Crippen LogP contribution in [0.15, 0.2) is 47.2 Å². The molecule has 0 spiro atoms. The summed E-state index contributed by atoms with van der Waals surface area (Å²) in [6, 6.07) is 9.06. The summed E-state index contributed by atoms with van der Waals surface area (Å²) in [6.45, 7) is 2.08. The molecule has 0 aliphatic rings. The van der Waals surface area contributed by atoms with Gasteiger partial charge in [0.25, 0.3) is 0 Å². The van der Waals surface area contributed by atoms with Gasteiger partial charge in [0.15, 0.2) is 11.6 Å². The van der Waals surface area contributed by atoms with Gasteiger partial charge >= 0.3 is 0 Å². The van der Waals surface area contributed by atoms with Gasteiger partial charge in [0, 0.05) is 17.1 Å². The number of fused-ring (bicyclic) bond motifs is 1. The van der Waals surface area contributed by atoms with Crippen molar-refractivity contribution in [2.75, 3.05) is 5.32 Å². The average Bonchev–Trinajstić information content (AvgIpc) is 2.91. The Balaban J connectivity index is 1.78. The van der Waals surface area contributed by atoms with Crippen molar-refractivity contribution >= 4 is 22.7 Å². The van der Waals surface area contributed by atoms with Crippen molar-refractivity contribution in [3.63, 3.8) is 0 Å². The number of pyridine rings is 1. The Kier molecular flexibility index (Phi) is 3.78. The van der Waals surface area contributed by atoms with Crippen molar-refractivity contribution in [2.24, 2.45) is 0 Å². The van der Waals surface area contributed by atoms with Gasteiger partial charge in [0.2, 0.25) is 5.91 Å². The van der Waals surface area contributed by atoms with Crippen molar-refractivity contribution in [2.45, 2.75) is 19.8 Å². The van der Waals surface area contributed by atoms with Gasteiger partial charge in [0.1, 0.15) is 5.58 Å². The number of carbonyl (C=O) groups excluding carboxylic acids is 1. The van der Waals surface area contributed by atoms with Crippen LogP contribution in [0.25, 0.3) is 11.0 Å². The number of aryl methyl sites for hydroxylation is 1. The summed E-state index contributed by atoms with van der Waals surface area (Å²) in [5, 5.41) is 13.1. The molecule has 2 N–H and O–H groups in total. The first kappa shape index (κ1) is 14.1. The van der Waals surface area contributed by atoms with Crippen LogP contribution in [-0.2, 0) is 17.6 Å². The maximum Gasteiger partial charge on any atom is 0.230 e. The summed E-state index contributed by atoms with van der Waals surface area (Å²) in [5.41, 5.74) is 2.78. The largest absolute Gasteiger partial charge is 0.504 e. The Bertz CT molecular complexity index is 824. The molecule has 5 heteroatoms. The van der Waals surface area contributed by atoms with E-state index in [1.165, 1.54) is 17.8 Å². The van der Waals surface area contributed by atoms with E-state index in [0.717, 1.165) is 23.0 Å². The molecule has 0 aliphatic heterocycles. The first-order chi connectivity index (χ1) is 10.7. The normalized spacial score (nSPS) is 10.8. The zero-order valence-corrected chi connectivity index (χ0v) is 12.2. The van der Waals surface area contributed by atoms with E-state index in [1.807, 2.05) is 18.2 Å². The average molecular weight is 296 g/mol. The molecule has 22 heavy (non-hydrogen) atoms. The molecular weight excluding hydrogens is 280 g/mol. The number of aromatic nitrogens is 1. The molecule has 0 unspecified atom stereocenters. The number of nitrogens with one attached hydrogen (secondary N) is 1. The zero-order chi connectivity index (χ0) is 15.5. The van der Waals surface area contributed by atoms with Crippen molar-refractivity contribution in [1.82, 2.24) is 4.98 Å². The van der Waals surface area contributed by atoms with Gasteiger partial charge in [-0.05, 0) is 30.2 Å². The maximum atomic E-state index is 12.1. The Morgan fingerprint density at radius 1 is 1.36 bits per heavy atom. The molecule has 0 bridgehead atoms. The number of nitrogens with zero attached hydrogens (tertiary/aromatic N) is 1. The quantitative estimate of drug-likeness (QED) is 0.774. The number of amides is 1. The molecule has 112 valence electrons. The molecule has 0 aliphatic carbocycles. The molecule has 0 atom stereocenters. The van der Waals surface area contributed by atoms with Crippen LogP contribution in [0, 0.1) is 0 Å². The fourth-order valence-corrected chi connectivity index (χ4v) is 2.33. The first-order valence-corrected chi connectivity index (χ1v) is 7.10. The molecule has 1 aromatic carbocycles. The third-order valence-electron chi connectivity index (χ3n) is 3.52. The van der Waals surface area contributed by atoms with E-state index in [4.69, 9.17) is 4.42 Å². The van der Waals surface area contributed by atoms with Crippen LogP contribution in [-0.4, -0.2) is 16.0 Å².